The lowest BCUT2D eigenvalue weighted by molar-refractivity contribution is 0.0305. The summed E-state index contributed by atoms with van der Waals surface area (Å²) in [4.78, 5) is 4.40. The predicted octanol–water partition coefficient (Wildman–Crippen LogP) is 2.68. The molecule has 0 bridgehead atoms. The molecule has 0 amide bonds. The second-order valence-electron chi connectivity index (χ2n) is 5.59. The molecule has 0 atom stereocenters. The first-order chi connectivity index (χ1) is 8.76. The molecule has 0 radical (unpaired) electrons. The van der Waals surface area contributed by atoms with Crippen LogP contribution in [0, 0.1) is 0 Å². The van der Waals surface area contributed by atoms with Crippen molar-refractivity contribution < 1.29 is 9.26 Å². The van der Waals surface area contributed by atoms with Crippen molar-refractivity contribution in [3.63, 3.8) is 0 Å². The standard InChI is InChI=1S/C13H21N3O2.ClH/c14-13(7-3-4-8-13)12-15-11(18-16-12)9-17-10-5-1-2-6-10;/h10H,1-9,14H2;1H. The van der Waals surface area contributed by atoms with Crippen LogP contribution < -0.4 is 5.73 Å². The van der Waals surface area contributed by atoms with Gasteiger partial charge in [-0.2, -0.15) is 4.98 Å². The molecule has 2 aliphatic rings. The van der Waals surface area contributed by atoms with E-state index in [1.165, 1.54) is 12.8 Å². The number of aromatic nitrogens is 2. The highest BCUT2D eigenvalue weighted by Crippen LogP contribution is 2.34. The van der Waals surface area contributed by atoms with Gasteiger partial charge in [0.25, 0.3) is 5.89 Å². The minimum atomic E-state index is -0.366. The molecule has 1 heterocycles. The molecule has 0 saturated heterocycles. The molecule has 108 valence electrons. The highest BCUT2D eigenvalue weighted by Gasteiger charge is 2.36. The van der Waals surface area contributed by atoms with E-state index in [0.717, 1.165) is 38.5 Å². The van der Waals surface area contributed by atoms with E-state index in [1.807, 2.05) is 0 Å². The molecule has 19 heavy (non-hydrogen) atoms. The Morgan fingerprint density at radius 2 is 1.89 bits per heavy atom. The molecule has 0 spiro atoms. The first-order valence-electron chi connectivity index (χ1n) is 7.00. The summed E-state index contributed by atoms with van der Waals surface area (Å²) in [6, 6.07) is 0. The van der Waals surface area contributed by atoms with Gasteiger partial charge in [-0.05, 0) is 25.7 Å². The summed E-state index contributed by atoms with van der Waals surface area (Å²) >= 11 is 0. The van der Waals surface area contributed by atoms with Crippen molar-refractivity contribution in [1.82, 2.24) is 10.1 Å². The average molecular weight is 288 g/mol. The van der Waals surface area contributed by atoms with E-state index < -0.39 is 0 Å². The van der Waals surface area contributed by atoms with Crippen LogP contribution in [0.1, 0.15) is 63.1 Å². The number of halogens is 1. The second-order valence-corrected chi connectivity index (χ2v) is 5.59. The lowest BCUT2D eigenvalue weighted by atomic mass is 9.99. The Labute approximate surface area is 119 Å². The fourth-order valence-electron chi connectivity index (χ4n) is 2.99. The van der Waals surface area contributed by atoms with Crippen molar-refractivity contribution in [3.05, 3.63) is 11.7 Å². The van der Waals surface area contributed by atoms with Gasteiger partial charge < -0.3 is 15.0 Å². The summed E-state index contributed by atoms with van der Waals surface area (Å²) in [5, 5.41) is 4.02. The van der Waals surface area contributed by atoms with Crippen LogP contribution in [-0.4, -0.2) is 16.2 Å². The van der Waals surface area contributed by atoms with Crippen LogP contribution in [0.3, 0.4) is 0 Å². The summed E-state index contributed by atoms with van der Waals surface area (Å²) in [5.74, 6) is 1.22. The zero-order chi connectivity index (χ0) is 12.4. The largest absolute Gasteiger partial charge is 0.368 e. The summed E-state index contributed by atoms with van der Waals surface area (Å²) in [6.07, 6.45) is 9.43. The molecule has 0 unspecified atom stereocenters. The third kappa shape index (κ3) is 3.27. The quantitative estimate of drug-likeness (QED) is 0.921. The van der Waals surface area contributed by atoms with Crippen molar-refractivity contribution in [3.8, 4) is 0 Å². The Bertz CT molecular complexity index is 398. The maximum absolute atomic E-state index is 6.29. The van der Waals surface area contributed by atoms with E-state index in [-0.39, 0.29) is 17.9 Å². The second kappa shape index (κ2) is 6.20. The molecule has 0 aliphatic heterocycles. The van der Waals surface area contributed by atoms with Crippen LogP contribution in [0.4, 0.5) is 0 Å². The van der Waals surface area contributed by atoms with Crippen molar-refractivity contribution in [1.29, 1.82) is 0 Å². The molecule has 6 heteroatoms. The minimum absolute atomic E-state index is 0. The van der Waals surface area contributed by atoms with Gasteiger partial charge in [-0.1, -0.05) is 30.8 Å². The van der Waals surface area contributed by atoms with Gasteiger partial charge in [0.2, 0.25) is 0 Å². The third-order valence-corrected chi connectivity index (χ3v) is 4.15. The molecular weight excluding hydrogens is 266 g/mol. The molecule has 1 aromatic rings. The van der Waals surface area contributed by atoms with E-state index in [1.54, 1.807) is 0 Å². The molecule has 0 aromatic carbocycles. The van der Waals surface area contributed by atoms with Gasteiger partial charge in [0, 0.05) is 0 Å². The van der Waals surface area contributed by atoms with Crippen molar-refractivity contribution in [2.24, 2.45) is 5.73 Å². The van der Waals surface area contributed by atoms with Crippen molar-refractivity contribution in [2.45, 2.75) is 69.6 Å². The monoisotopic (exact) mass is 287 g/mol. The lowest BCUT2D eigenvalue weighted by Crippen LogP contribution is -2.34. The highest BCUT2D eigenvalue weighted by molar-refractivity contribution is 5.85. The molecule has 2 fully saturated rings. The van der Waals surface area contributed by atoms with Gasteiger partial charge in [-0.25, -0.2) is 0 Å². The van der Waals surface area contributed by atoms with Gasteiger partial charge >= 0.3 is 0 Å². The van der Waals surface area contributed by atoms with Crippen LogP contribution in [0.5, 0.6) is 0 Å². The van der Waals surface area contributed by atoms with E-state index in [0.29, 0.717) is 24.4 Å². The van der Waals surface area contributed by atoms with E-state index in [9.17, 15) is 0 Å². The number of ether oxygens (including phenoxy) is 1. The highest BCUT2D eigenvalue weighted by atomic mass is 35.5. The maximum Gasteiger partial charge on any atom is 0.252 e. The molecule has 3 rings (SSSR count). The van der Waals surface area contributed by atoms with Gasteiger partial charge in [0.05, 0.1) is 11.6 Å². The zero-order valence-electron chi connectivity index (χ0n) is 11.1. The number of nitrogens with zero attached hydrogens (tertiary/aromatic N) is 2. The normalized spacial score (nSPS) is 22.6. The van der Waals surface area contributed by atoms with Gasteiger partial charge in [0.1, 0.15) is 6.61 Å². The molecule has 2 saturated carbocycles. The van der Waals surface area contributed by atoms with Gasteiger partial charge in [0.15, 0.2) is 5.82 Å². The van der Waals surface area contributed by atoms with Crippen LogP contribution in [0.25, 0.3) is 0 Å². The van der Waals surface area contributed by atoms with E-state index in [4.69, 9.17) is 15.0 Å². The Morgan fingerprint density at radius 1 is 1.21 bits per heavy atom. The Hall–Kier alpha value is -0.650. The SMILES string of the molecule is Cl.NC1(c2noc(COC3CCCC3)n2)CCCC1. The van der Waals surface area contributed by atoms with E-state index >= 15 is 0 Å². The minimum Gasteiger partial charge on any atom is -0.368 e. The average Bonchev–Trinajstić information content (AvgIpc) is 3.08. The van der Waals surface area contributed by atoms with Crippen molar-refractivity contribution >= 4 is 12.4 Å². The van der Waals surface area contributed by atoms with E-state index in [2.05, 4.69) is 10.1 Å². The molecule has 2 aliphatic carbocycles. The Balaban J connectivity index is 0.00000133. The summed E-state index contributed by atoms with van der Waals surface area (Å²) in [6.45, 7) is 0.424. The molecular formula is C13H22ClN3O2. The number of hydrogen-bond donors (Lipinski definition) is 1. The fourth-order valence-corrected chi connectivity index (χ4v) is 2.99. The van der Waals surface area contributed by atoms with Gasteiger partial charge in [-0.15, -0.1) is 12.4 Å². The fraction of sp³-hybridized carbons (Fsp3) is 0.846. The van der Waals surface area contributed by atoms with Gasteiger partial charge in [-0.3, -0.25) is 0 Å². The maximum atomic E-state index is 6.29. The zero-order valence-corrected chi connectivity index (χ0v) is 12.0. The van der Waals surface area contributed by atoms with Crippen molar-refractivity contribution in [2.75, 3.05) is 0 Å². The number of rotatable bonds is 4. The third-order valence-electron chi connectivity index (χ3n) is 4.15. The Morgan fingerprint density at radius 3 is 2.58 bits per heavy atom. The first kappa shape index (κ1) is 14.8. The van der Waals surface area contributed by atoms with Crippen LogP contribution in [0.2, 0.25) is 0 Å². The van der Waals surface area contributed by atoms with Crippen LogP contribution in [0.15, 0.2) is 4.52 Å². The molecule has 2 N–H and O–H groups in total. The Kier molecular flexibility index (Phi) is 4.81. The number of nitrogens with two attached hydrogens (primary N) is 1. The summed E-state index contributed by atoms with van der Waals surface area (Å²) in [5.41, 5.74) is 5.92. The topological polar surface area (TPSA) is 74.2 Å². The number of hydrogen-bond acceptors (Lipinski definition) is 5. The molecule has 1 aromatic heterocycles. The lowest BCUT2D eigenvalue weighted by Gasteiger charge is -2.17. The first-order valence-corrected chi connectivity index (χ1v) is 7.00. The molecule has 5 nitrogen and oxygen atoms in total. The van der Waals surface area contributed by atoms with Crippen LogP contribution in [-0.2, 0) is 16.9 Å². The predicted molar refractivity (Wildman–Crippen MR) is 72.9 cm³/mol. The summed E-state index contributed by atoms with van der Waals surface area (Å²) < 4.78 is 11.0. The smallest absolute Gasteiger partial charge is 0.252 e. The summed E-state index contributed by atoms with van der Waals surface area (Å²) in [7, 11) is 0. The van der Waals surface area contributed by atoms with Crippen LogP contribution >= 0.6 is 12.4 Å².